The smallest absolute Gasteiger partial charge is 0.410 e. The van der Waals surface area contributed by atoms with Crippen LogP contribution in [0.4, 0.5) is 9.59 Å². The molecule has 6 rings (SSSR count). The van der Waals surface area contributed by atoms with Crippen LogP contribution >= 0.6 is 0 Å². The summed E-state index contributed by atoms with van der Waals surface area (Å²) in [6.45, 7) is 15.1. The third-order valence-electron chi connectivity index (χ3n) is 15.6. The van der Waals surface area contributed by atoms with E-state index in [-0.39, 0.29) is 69.2 Å². The van der Waals surface area contributed by atoms with Crippen LogP contribution in [0.15, 0.2) is 88.8 Å². The normalized spacial score (nSPS) is 15.1. The summed E-state index contributed by atoms with van der Waals surface area (Å²) in [6.07, 6.45) is -3.61. The van der Waals surface area contributed by atoms with Gasteiger partial charge in [0, 0.05) is 50.7 Å². The average Bonchev–Trinajstić information content (AvgIpc) is 1.51. The first-order valence-electron chi connectivity index (χ1n) is 29.5. The molecule has 0 radical (unpaired) electrons. The molecule has 4 aromatic carbocycles. The molecular formula is C65H85N7O15S. The lowest BCUT2D eigenvalue weighted by Crippen LogP contribution is -2.64. The Morgan fingerprint density at radius 2 is 1.39 bits per heavy atom. The molecule has 4 amide bonds. The van der Waals surface area contributed by atoms with Crippen LogP contribution in [0.2, 0.25) is 0 Å². The number of esters is 1. The predicted molar refractivity (Wildman–Crippen MR) is 330 cm³/mol. The van der Waals surface area contributed by atoms with Gasteiger partial charge in [0.2, 0.25) is 17.8 Å². The highest BCUT2D eigenvalue weighted by Crippen LogP contribution is 2.44. The summed E-state index contributed by atoms with van der Waals surface area (Å²) in [5.41, 5.74) is 9.47. The highest BCUT2D eigenvalue weighted by Gasteiger charge is 2.46. The number of hydrogen-bond donors (Lipinski definition) is 6. The van der Waals surface area contributed by atoms with E-state index in [1.807, 2.05) is 55.5 Å². The number of nitrogens with two attached hydrogens (primary N) is 1. The number of fused-ring (bicyclic) bond motifs is 3. The van der Waals surface area contributed by atoms with Gasteiger partial charge in [-0.05, 0) is 145 Å². The van der Waals surface area contributed by atoms with Gasteiger partial charge in [0.15, 0.2) is 17.3 Å². The zero-order chi connectivity index (χ0) is 64.9. The van der Waals surface area contributed by atoms with Crippen molar-refractivity contribution in [1.29, 1.82) is 0 Å². The zero-order valence-electron chi connectivity index (χ0n) is 52.3. The van der Waals surface area contributed by atoms with Gasteiger partial charge in [0.1, 0.15) is 41.7 Å². The molecule has 1 fully saturated rings. The van der Waals surface area contributed by atoms with Gasteiger partial charge in [0.05, 0.1) is 30.9 Å². The van der Waals surface area contributed by atoms with E-state index in [4.69, 9.17) is 24.7 Å². The lowest BCUT2D eigenvalue weighted by Gasteiger charge is -2.42. The van der Waals surface area contributed by atoms with Gasteiger partial charge in [-0.1, -0.05) is 78.4 Å². The SMILES string of the molecule is COc1cc(C)c(S(=O)(=O)NC(N)=NCCC[C@H](CC(=O)C2(NC(=O)[C@@H](Cc3ccc(C)cc3)NC(=O)[C@@H](CC(=O)CNC(=O)OCC3c4ccccc4-c4ccccc43)CC(=O)OC(C)(C)C)CCN(C(=O)OC(C)(C)C)CC2)C(=O)CO)c(C)c1C. The molecule has 4 aromatic rings. The van der Waals surface area contributed by atoms with Gasteiger partial charge in [-0.15, -0.1) is 0 Å². The Labute approximate surface area is 515 Å². The maximum absolute atomic E-state index is 15.1. The summed E-state index contributed by atoms with van der Waals surface area (Å²) in [6, 6.07) is 22.9. The van der Waals surface area contributed by atoms with E-state index in [1.54, 1.807) is 92.6 Å². The minimum absolute atomic E-state index is 0.00607. The third-order valence-corrected chi connectivity index (χ3v) is 17.2. The van der Waals surface area contributed by atoms with Gasteiger partial charge >= 0.3 is 18.2 Å². The van der Waals surface area contributed by atoms with Crippen molar-refractivity contribution in [2.75, 3.05) is 46.5 Å². The lowest BCUT2D eigenvalue weighted by molar-refractivity contribution is -0.157. The second-order valence-corrected chi connectivity index (χ2v) is 26.3. The van der Waals surface area contributed by atoms with Crippen molar-refractivity contribution >= 4 is 63.3 Å². The van der Waals surface area contributed by atoms with E-state index in [1.165, 1.54) is 12.0 Å². The van der Waals surface area contributed by atoms with Crippen molar-refractivity contribution in [2.24, 2.45) is 22.6 Å². The van der Waals surface area contributed by atoms with Crippen LogP contribution in [0.25, 0.3) is 11.1 Å². The number of ether oxygens (including phenoxy) is 4. The fraction of sp³-hybridized carbons (Fsp3) is 0.492. The maximum atomic E-state index is 15.1. The number of Topliss-reactive ketones (excluding diaryl/α,β-unsaturated/α-hetero) is 3. The quantitative estimate of drug-likeness (QED) is 0.0122. The number of aryl methyl sites for hydroxylation is 2. The molecule has 1 aliphatic carbocycles. The average molecular weight is 1240 g/mol. The van der Waals surface area contributed by atoms with Crippen LogP contribution in [0.3, 0.4) is 0 Å². The summed E-state index contributed by atoms with van der Waals surface area (Å²) < 4.78 is 51.6. The van der Waals surface area contributed by atoms with Crippen molar-refractivity contribution in [3.8, 4) is 16.9 Å². The lowest BCUT2D eigenvalue weighted by atomic mass is 9.78. The molecule has 0 unspecified atom stereocenters. The number of benzene rings is 4. The van der Waals surface area contributed by atoms with E-state index in [0.717, 1.165) is 27.8 Å². The van der Waals surface area contributed by atoms with Crippen LogP contribution in [0.5, 0.6) is 5.75 Å². The molecule has 476 valence electrons. The van der Waals surface area contributed by atoms with Crippen molar-refractivity contribution in [3.05, 3.63) is 118 Å². The fourth-order valence-corrected chi connectivity index (χ4v) is 12.5. The second-order valence-electron chi connectivity index (χ2n) is 24.6. The molecule has 3 atom stereocenters. The minimum atomic E-state index is -4.21. The Hall–Kier alpha value is -8.18. The number of nitrogens with one attached hydrogen (secondary N) is 4. The Balaban J connectivity index is 1.21. The van der Waals surface area contributed by atoms with E-state index >= 15 is 9.59 Å². The number of aliphatic hydroxyl groups excluding tert-OH is 1. The van der Waals surface area contributed by atoms with Crippen molar-refractivity contribution in [1.82, 2.24) is 25.6 Å². The highest BCUT2D eigenvalue weighted by atomic mass is 32.2. The zero-order valence-corrected chi connectivity index (χ0v) is 53.1. The first-order valence-corrected chi connectivity index (χ1v) is 30.9. The number of nitrogens with zero attached hydrogens (tertiary/aromatic N) is 2. The first kappa shape index (κ1) is 68.9. The number of likely N-dealkylation sites (tertiary alicyclic amines) is 1. The summed E-state index contributed by atoms with van der Waals surface area (Å²) in [4.78, 5) is 118. The second kappa shape index (κ2) is 29.7. The molecule has 0 aromatic heterocycles. The van der Waals surface area contributed by atoms with Crippen molar-refractivity contribution < 1.29 is 70.8 Å². The number of carbonyl (C=O) groups is 8. The van der Waals surface area contributed by atoms with Crippen LogP contribution in [-0.4, -0.2) is 141 Å². The number of rotatable bonds is 26. The third kappa shape index (κ3) is 18.7. The molecule has 23 heteroatoms. The number of alkyl carbamates (subject to hydrolysis) is 1. The first-order chi connectivity index (χ1) is 41.3. The molecule has 1 aliphatic heterocycles. The predicted octanol–water partition coefficient (Wildman–Crippen LogP) is 6.90. The number of carbonyl (C=O) groups excluding carboxylic acids is 8. The molecule has 0 bridgehead atoms. The minimum Gasteiger partial charge on any atom is -0.496 e. The molecule has 1 heterocycles. The van der Waals surface area contributed by atoms with Crippen molar-refractivity contribution in [2.45, 2.75) is 154 Å². The number of aliphatic hydroxyl groups is 1. The van der Waals surface area contributed by atoms with Gasteiger partial charge < -0.3 is 50.6 Å². The molecule has 0 spiro atoms. The molecule has 1 saturated heterocycles. The largest absolute Gasteiger partial charge is 0.496 e. The van der Waals surface area contributed by atoms with Gasteiger partial charge in [-0.25, -0.2) is 22.7 Å². The number of methoxy groups -OCH3 is 1. The van der Waals surface area contributed by atoms with Crippen LogP contribution in [0.1, 0.15) is 131 Å². The van der Waals surface area contributed by atoms with Crippen LogP contribution in [0, 0.1) is 39.5 Å². The van der Waals surface area contributed by atoms with Crippen LogP contribution in [-0.2, 0) is 59.4 Å². The van der Waals surface area contributed by atoms with E-state index < -0.39 is 130 Å². The monoisotopic (exact) mass is 1240 g/mol. The molecule has 0 saturated carbocycles. The summed E-state index contributed by atoms with van der Waals surface area (Å²) >= 11 is 0. The number of sulfonamides is 1. The standard InChI is InChI=1S/C65H85N7O15S/c1-39-22-24-43(25-23-39)32-52(69-58(78)45(35-56(77)86-63(5,6)7)33-46(74)36-68-61(80)85-38-51-49-20-14-12-18-47(49)48-19-13-15-21-50(48)51)59(79)70-65(26-29-72(30-27-65)62(81)87-64(8,9)10)55(76)34-44(53(75)37-73)17-16-28-67-60(66)71-88(82,83)57-40(2)31-54(84-11)41(3)42(57)4/h12-15,18-25,31,44-45,51-52,73H,16-17,26-30,32-38H2,1-11H3,(H,68,80)(H,69,78)(H,70,79)(H3,66,67,71)/t44-,45+,52-/m1/s1. The number of amides is 4. The van der Waals surface area contributed by atoms with E-state index in [9.17, 15) is 42.3 Å². The summed E-state index contributed by atoms with van der Waals surface area (Å²) in [5.74, 6) is -7.22. The van der Waals surface area contributed by atoms with Gasteiger partial charge in [-0.2, -0.15) is 0 Å². The molecule has 2 aliphatic rings. The van der Waals surface area contributed by atoms with Gasteiger partial charge in [-0.3, -0.25) is 33.8 Å². The van der Waals surface area contributed by atoms with Crippen LogP contribution < -0.4 is 31.1 Å². The Morgan fingerprint density at radius 3 is 1.97 bits per heavy atom. The summed E-state index contributed by atoms with van der Waals surface area (Å²) in [7, 11) is -2.73. The molecular weight excluding hydrogens is 1150 g/mol. The van der Waals surface area contributed by atoms with Gasteiger partial charge in [0.25, 0.3) is 10.0 Å². The van der Waals surface area contributed by atoms with E-state index in [2.05, 4.69) is 25.7 Å². The topological polar surface area (TPSA) is 318 Å². The Bertz CT molecular complexity index is 3330. The Kier molecular flexibility index (Phi) is 23.2. The Morgan fingerprint density at radius 1 is 0.784 bits per heavy atom. The molecule has 88 heavy (non-hydrogen) atoms. The fourth-order valence-electron chi connectivity index (χ4n) is 11.0. The van der Waals surface area contributed by atoms with E-state index in [0.29, 0.717) is 28.0 Å². The number of guanidine groups is 1. The number of ketones is 3. The maximum Gasteiger partial charge on any atom is 0.410 e. The number of aliphatic imine (C=N–C) groups is 1. The highest BCUT2D eigenvalue weighted by molar-refractivity contribution is 7.90. The number of piperidine rings is 1. The number of hydrogen-bond acceptors (Lipinski definition) is 16. The van der Waals surface area contributed by atoms with Crippen molar-refractivity contribution in [3.63, 3.8) is 0 Å². The molecule has 22 nitrogen and oxygen atoms in total. The summed E-state index contributed by atoms with van der Waals surface area (Å²) in [5, 5.41) is 18.3. The molecule has 7 N–H and O–H groups in total.